The van der Waals surface area contributed by atoms with Gasteiger partial charge >= 0.3 is 0 Å². The largest absolute Gasteiger partial charge is 0.296 e. The van der Waals surface area contributed by atoms with Crippen LogP contribution in [0.4, 0.5) is 0 Å². The van der Waals surface area contributed by atoms with E-state index in [2.05, 4.69) is 34.0 Å². The van der Waals surface area contributed by atoms with E-state index in [9.17, 15) is 0 Å². The molecule has 6 heteroatoms. The highest BCUT2D eigenvalue weighted by atomic mass is 15.3. The first kappa shape index (κ1) is 15.2. The summed E-state index contributed by atoms with van der Waals surface area (Å²) < 4.78 is 1.94. The summed E-state index contributed by atoms with van der Waals surface area (Å²) in [5.41, 5.74) is 2.10. The number of likely N-dealkylation sites (tertiary alicyclic amines) is 1. The number of rotatable bonds is 4. The van der Waals surface area contributed by atoms with Crippen molar-refractivity contribution in [1.29, 1.82) is 0 Å². The predicted octanol–water partition coefficient (Wildman–Crippen LogP) is 2.44. The highest BCUT2D eigenvalue weighted by Gasteiger charge is 2.21. The number of hydrogen-bond acceptors (Lipinski definition) is 5. The molecule has 0 N–H and O–H groups in total. The van der Waals surface area contributed by atoms with Crippen LogP contribution in [0.15, 0.2) is 36.9 Å². The van der Waals surface area contributed by atoms with Crippen molar-refractivity contribution in [3.63, 3.8) is 0 Å². The molecule has 24 heavy (non-hydrogen) atoms. The lowest BCUT2D eigenvalue weighted by molar-refractivity contribution is 0.150. The van der Waals surface area contributed by atoms with Gasteiger partial charge in [-0.15, -0.1) is 0 Å². The summed E-state index contributed by atoms with van der Waals surface area (Å²) in [6.07, 6.45) is 5.86. The summed E-state index contributed by atoms with van der Waals surface area (Å²) >= 11 is 0. The maximum absolute atomic E-state index is 4.75. The highest BCUT2D eigenvalue weighted by molar-refractivity contribution is 5.80. The maximum Gasteiger partial charge on any atom is 0.143 e. The quantitative estimate of drug-likeness (QED) is 0.738. The second-order valence-corrected chi connectivity index (χ2v) is 6.60. The third-order valence-corrected chi connectivity index (χ3v) is 4.72. The zero-order valence-corrected chi connectivity index (χ0v) is 14.0. The number of aromatic nitrogens is 5. The molecule has 2 aromatic heterocycles. The van der Waals surface area contributed by atoms with Crippen molar-refractivity contribution in [1.82, 2.24) is 29.6 Å². The van der Waals surface area contributed by atoms with E-state index < -0.39 is 0 Å². The molecule has 0 saturated carbocycles. The Morgan fingerprint density at radius 2 is 2.12 bits per heavy atom. The fraction of sp³-hybridized carbons (Fsp3) is 0.444. The van der Waals surface area contributed by atoms with Crippen molar-refractivity contribution in [3.05, 3.63) is 48.4 Å². The third kappa shape index (κ3) is 3.28. The lowest BCUT2D eigenvalue weighted by Crippen LogP contribution is -2.37. The topological polar surface area (TPSA) is 59.7 Å². The second-order valence-electron chi connectivity index (χ2n) is 6.60. The number of aryl methyl sites for hydroxylation is 1. The number of piperidine rings is 1. The van der Waals surface area contributed by atoms with Crippen LogP contribution < -0.4 is 0 Å². The average molecular weight is 322 g/mol. The van der Waals surface area contributed by atoms with Crippen LogP contribution >= 0.6 is 0 Å². The Kier molecular flexibility index (Phi) is 4.21. The number of para-hydroxylation sites is 1. The minimum Gasteiger partial charge on any atom is -0.296 e. The van der Waals surface area contributed by atoms with E-state index in [1.807, 2.05) is 16.8 Å². The molecule has 3 aromatic rings. The zero-order valence-electron chi connectivity index (χ0n) is 14.0. The van der Waals surface area contributed by atoms with Crippen LogP contribution in [0.25, 0.3) is 10.9 Å². The average Bonchev–Trinajstić information content (AvgIpc) is 3.08. The molecule has 1 aliphatic heterocycles. The smallest absolute Gasteiger partial charge is 0.143 e. The Hall–Kier alpha value is -2.34. The van der Waals surface area contributed by atoms with Gasteiger partial charge in [0.15, 0.2) is 0 Å². The van der Waals surface area contributed by atoms with E-state index in [0.29, 0.717) is 5.92 Å². The van der Waals surface area contributed by atoms with Gasteiger partial charge in [0.2, 0.25) is 0 Å². The summed E-state index contributed by atoms with van der Waals surface area (Å²) in [6.45, 7) is 6.00. The molecule has 1 aromatic carbocycles. The number of benzene rings is 1. The summed E-state index contributed by atoms with van der Waals surface area (Å²) in [5, 5.41) is 5.37. The van der Waals surface area contributed by atoms with E-state index >= 15 is 0 Å². The summed E-state index contributed by atoms with van der Waals surface area (Å²) in [5.74, 6) is 1.54. The summed E-state index contributed by atoms with van der Waals surface area (Å²) in [4.78, 5) is 16.0. The Balaban J connectivity index is 1.46. The van der Waals surface area contributed by atoms with Crippen molar-refractivity contribution in [2.45, 2.75) is 32.9 Å². The van der Waals surface area contributed by atoms with Crippen LogP contribution in [0.3, 0.4) is 0 Å². The minimum atomic E-state index is 0.613. The van der Waals surface area contributed by atoms with Crippen molar-refractivity contribution in [2.75, 3.05) is 13.1 Å². The molecule has 1 saturated heterocycles. The van der Waals surface area contributed by atoms with Crippen LogP contribution in [-0.4, -0.2) is 42.7 Å². The predicted molar refractivity (Wildman–Crippen MR) is 92.3 cm³/mol. The van der Waals surface area contributed by atoms with Gasteiger partial charge in [0.05, 0.1) is 12.1 Å². The molecule has 0 unspecified atom stereocenters. The fourth-order valence-corrected chi connectivity index (χ4v) is 3.60. The Bertz CT molecular complexity index is 813. The Morgan fingerprint density at radius 1 is 1.21 bits per heavy atom. The van der Waals surface area contributed by atoms with E-state index in [1.165, 1.54) is 12.8 Å². The van der Waals surface area contributed by atoms with Gasteiger partial charge in [-0.2, -0.15) is 5.10 Å². The number of nitrogens with zero attached hydrogens (tertiary/aromatic N) is 6. The first-order chi connectivity index (χ1) is 11.8. The number of fused-ring (bicyclic) bond motifs is 1. The highest BCUT2D eigenvalue weighted by Crippen LogP contribution is 2.20. The maximum atomic E-state index is 4.75. The van der Waals surface area contributed by atoms with Crippen LogP contribution in [0, 0.1) is 12.8 Å². The van der Waals surface area contributed by atoms with Crippen molar-refractivity contribution >= 4 is 10.9 Å². The zero-order chi connectivity index (χ0) is 16.4. The van der Waals surface area contributed by atoms with Crippen molar-refractivity contribution < 1.29 is 0 Å². The molecule has 0 bridgehead atoms. The fourth-order valence-electron chi connectivity index (χ4n) is 3.60. The van der Waals surface area contributed by atoms with E-state index in [-0.39, 0.29) is 0 Å². The van der Waals surface area contributed by atoms with Gasteiger partial charge in [-0.1, -0.05) is 18.2 Å². The SMILES string of the molecule is Cc1nc(CN2CCC[C@H](Cn3cncn3)C2)nc2ccccc12. The van der Waals surface area contributed by atoms with Gasteiger partial charge < -0.3 is 0 Å². The molecule has 124 valence electrons. The molecule has 1 aliphatic rings. The molecule has 4 rings (SSSR count). The Morgan fingerprint density at radius 3 is 3.00 bits per heavy atom. The lowest BCUT2D eigenvalue weighted by Gasteiger charge is -2.32. The third-order valence-electron chi connectivity index (χ3n) is 4.72. The first-order valence-corrected chi connectivity index (χ1v) is 8.55. The van der Waals surface area contributed by atoms with E-state index in [0.717, 1.165) is 48.6 Å². The van der Waals surface area contributed by atoms with Crippen molar-refractivity contribution in [3.8, 4) is 0 Å². The van der Waals surface area contributed by atoms with Gasteiger partial charge in [0.1, 0.15) is 18.5 Å². The van der Waals surface area contributed by atoms with Crippen molar-refractivity contribution in [2.24, 2.45) is 5.92 Å². The summed E-state index contributed by atoms with van der Waals surface area (Å²) in [7, 11) is 0. The van der Waals surface area contributed by atoms with Gasteiger partial charge in [-0.25, -0.2) is 15.0 Å². The first-order valence-electron chi connectivity index (χ1n) is 8.55. The molecule has 1 atom stereocenters. The molecule has 1 fully saturated rings. The second kappa shape index (κ2) is 6.65. The van der Waals surface area contributed by atoms with Crippen LogP contribution in [0.5, 0.6) is 0 Å². The molecule has 6 nitrogen and oxygen atoms in total. The monoisotopic (exact) mass is 322 g/mol. The molecular formula is C18H22N6. The van der Waals surface area contributed by atoms with E-state index in [4.69, 9.17) is 9.97 Å². The molecule has 0 spiro atoms. The lowest BCUT2D eigenvalue weighted by atomic mass is 9.98. The molecule has 0 amide bonds. The van der Waals surface area contributed by atoms with E-state index in [1.54, 1.807) is 12.7 Å². The van der Waals surface area contributed by atoms with Crippen LogP contribution in [-0.2, 0) is 13.1 Å². The van der Waals surface area contributed by atoms with Gasteiger partial charge in [-0.3, -0.25) is 9.58 Å². The molecule has 0 radical (unpaired) electrons. The number of hydrogen-bond donors (Lipinski definition) is 0. The minimum absolute atomic E-state index is 0.613. The van der Waals surface area contributed by atoms with Gasteiger partial charge in [-0.05, 0) is 38.3 Å². The normalized spacial score (nSPS) is 19.0. The van der Waals surface area contributed by atoms with Gasteiger partial charge in [0, 0.05) is 24.2 Å². The summed E-state index contributed by atoms with van der Waals surface area (Å²) in [6, 6.07) is 8.23. The molecular weight excluding hydrogens is 300 g/mol. The molecule has 0 aliphatic carbocycles. The van der Waals surface area contributed by atoms with Crippen LogP contribution in [0.2, 0.25) is 0 Å². The van der Waals surface area contributed by atoms with Crippen LogP contribution in [0.1, 0.15) is 24.4 Å². The Labute approximate surface area is 141 Å². The molecule has 3 heterocycles. The van der Waals surface area contributed by atoms with Gasteiger partial charge in [0.25, 0.3) is 0 Å². The standard InChI is InChI=1S/C18H22N6/c1-14-16-6-2-3-7-17(16)22-18(21-14)11-23-8-4-5-15(9-23)10-24-13-19-12-20-24/h2-3,6-7,12-13,15H,4-5,8-11H2,1H3/t15-/m0/s1.